The summed E-state index contributed by atoms with van der Waals surface area (Å²) in [6.45, 7) is 3.10. The Kier molecular flexibility index (Phi) is 4.35. The van der Waals surface area contributed by atoms with Crippen LogP contribution >= 0.6 is 12.2 Å². The van der Waals surface area contributed by atoms with Crippen LogP contribution in [-0.2, 0) is 4.74 Å². The molecule has 0 aliphatic carbocycles. The second-order valence-corrected chi connectivity index (χ2v) is 4.43. The highest BCUT2D eigenvalue weighted by molar-refractivity contribution is 7.80. The van der Waals surface area contributed by atoms with Gasteiger partial charge in [-0.15, -0.1) is 0 Å². The number of hydrogen-bond acceptors (Lipinski definition) is 5. The Morgan fingerprint density at radius 1 is 1.44 bits per heavy atom. The number of anilines is 1. The molecule has 1 aromatic rings. The van der Waals surface area contributed by atoms with E-state index < -0.39 is 0 Å². The van der Waals surface area contributed by atoms with E-state index >= 15 is 0 Å². The van der Waals surface area contributed by atoms with Gasteiger partial charge in [-0.05, 0) is 12.1 Å². The number of hydrazine groups is 1. The fraction of sp³-hybridized carbons (Fsp3) is 0.417. The van der Waals surface area contributed by atoms with Gasteiger partial charge in [0.15, 0.2) is 0 Å². The molecule has 0 unspecified atom stereocenters. The van der Waals surface area contributed by atoms with Gasteiger partial charge < -0.3 is 20.6 Å². The molecule has 1 fully saturated rings. The van der Waals surface area contributed by atoms with Crippen LogP contribution in [0.1, 0.15) is 5.56 Å². The first kappa shape index (κ1) is 13.1. The predicted octanol–water partition coefficient (Wildman–Crippen LogP) is 0.988. The van der Waals surface area contributed by atoms with Crippen molar-refractivity contribution < 1.29 is 9.47 Å². The van der Waals surface area contributed by atoms with Crippen molar-refractivity contribution in [2.24, 2.45) is 5.73 Å². The Bertz CT molecular complexity index is 433. The van der Waals surface area contributed by atoms with Crippen molar-refractivity contribution in [2.45, 2.75) is 0 Å². The quantitative estimate of drug-likeness (QED) is 0.793. The van der Waals surface area contributed by atoms with Gasteiger partial charge in [-0.3, -0.25) is 0 Å². The molecule has 0 aromatic heterocycles. The summed E-state index contributed by atoms with van der Waals surface area (Å²) in [5, 5.41) is 2.08. The smallest absolute Gasteiger partial charge is 0.121 e. The number of thiocarbonyl (C=S) groups is 1. The lowest BCUT2D eigenvalue weighted by molar-refractivity contribution is 0.0497. The lowest BCUT2D eigenvalue weighted by Crippen LogP contribution is -2.40. The molecule has 0 atom stereocenters. The molecule has 6 heteroatoms. The first-order valence-corrected chi connectivity index (χ1v) is 6.18. The Hall–Kier alpha value is -1.37. The summed E-state index contributed by atoms with van der Waals surface area (Å²) in [6, 6.07) is 5.60. The summed E-state index contributed by atoms with van der Waals surface area (Å²) < 4.78 is 10.5. The van der Waals surface area contributed by atoms with E-state index in [9.17, 15) is 0 Å². The fourth-order valence-electron chi connectivity index (χ4n) is 1.80. The zero-order valence-electron chi connectivity index (χ0n) is 10.3. The lowest BCUT2D eigenvalue weighted by Gasteiger charge is -2.29. The van der Waals surface area contributed by atoms with Gasteiger partial charge in [0.1, 0.15) is 10.7 Å². The van der Waals surface area contributed by atoms with E-state index in [0.29, 0.717) is 4.99 Å². The molecular formula is C12H17N3O2S. The first-order chi connectivity index (χ1) is 8.70. The topological polar surface area (TPSA) is 59.8 Å². The van der Waals surface area contributed by atoms with Gasteiger partial charge in [0.2, 0.25) is 0 Å². The first-order valence-electron chi connectivity index (χ1n) is 5.78. The monoisotopic (exact) mass is 267 g/mol. The minimum Gasteiger partial charge on any atom is -0.497 e. The van der Waals surface area contributed by atoms with Gasteiger partial charge in [-0.2, -0.15) is 0 Å². The number of ether oxygens (including phenoxy) is 2. The van der Waals surface area contributed by atoms with Crippen molar-refractivity contribution in [1.29, 1.82) is 0 Å². The zero-order chi connectivity index (χ0) is 13.0. The number of nitrogens with two attached hydrogens (primary N) is 1. The SMILES string of the molecule is COc1ccc(C(N)=S)c(NN2CCOCC2)c1. The van der Waals surface area contributed by atoms with Crippen LogP contribution in [0.25, 0.3) is 0 Å². The van der Waals surface area contributed by atoms with Crippen molar-refractivity contribution in [1.82, 2.24) is 5.01 Å². The molecule has 1 heterocycles. The van der Waals surface area contributed by atoms with Gasteiger partial charge in [0.05, 0.1) is 26.0 Å². The van der Waals surface area contributed by atoms with Crippen LogP contribution in [-0.4, -0.2) is 43.4 Å². The number of benzene rings is 1. The molecular weight excluding hydrogens is 250 g/mol. The van der Waals surface area contributed by atoms with Crippen LogP contribution < -0.4 is 15.9 Å². The van der Waals surface area contributed by atoms with Crippen molar-refractivity contribution in [3.8, 4) is 5.75 Å². The Morgan fingerprint density at radius 3 is 2.78 bits per heavy atom. The van der Waals surface area contributed by atoms with Crippen LogP contribution in [0.2, 0.25) is 0 Å². The van der Waals surface area contributed by atoms with Gasteiger partial charge in [0.25, 0.3) is 0 Å². The van der Waals surface area contributed by atoms with Crippen molar-refractivity contribution in [3.63, 3.8) is 0 Å². The number of nitrogens with zero attached hydrogens (tertiary/aromatic N) is 1. The van der Waals surface area contributed by atoms with E-state index in [0.717, 1.165) is 43.3 Å². The molecule has 1 aliphatic heterocycles. The van der Waals surface area contributed by atoms with Crippen LogP contribution in [0, 0.1) is 0 Å². The Balaban J connectivity index is 2.19. The summed E-state index contributed by atoms with van der Waals surface area (Å²) in [5.74, 6) is 0.769. The predicted molar refractivity (Wildman–Crippen MR) is 74.9 cm³/mol. The average molecular weight is 267 g/mol. The molecule has 98 valence electrons. The summed E-state index contributed by atoms with van der Waals surface area (Å²) in [7, 11) is 1.63. The summed E-state index contributed by atoms with van der Waals surface area (Å²) >= 11 is 5.05. The molecule has 0 bridgehead atoms. The maximum absolute atomic E-state index is 5.72. The molecule has 1 aromatic carbocycles. The molecule has 0 amide bonds. The largest absolute Gasteiger partial charge is 0.497 e. The van der Waals surface area contributed by atoms with Crippen molar-refractivity contribution in [2.75, 3.05) is 38.8 Å². The maximum atomic E-state index is 5.72. The summed E-state index contributed by atoms with van der Waals surface area (Å²) in [6.07, 6.45) is 0. The molecule has 18 heavy (non-hydrogen) atoms. The molecule has 0 saturated carbocycles. The third-order valence-electron chi connectivity index (χ3n) is 2.78. The van der Waals surface area contributed by atoms with Gasteiger partial charge in [-0.1, -0.05) is 12.2 Å². The molecule has 5 nitrogen and oxygen atoms in total. The van der Waals surface area contributed by atoms with Crippen molar-refractivity contribution >= 4 is 22.9 Å². The average Bonchev–Trinajstić information content (AvgIpc) is 2.39. The third-order valence-corrected chi connectivity index (χ3v) is 3.00. The number of nitrogens with one attached hydrogen (secondary N) is 1. The van der Waals surface area contributed by atoms with E-state index in [-0.39, 0.29) is 0 Å². The molecule has 1 aliphatic rings. The van der Waals surface area contributed by atoms with E-state index in [2.05, 4.69) is 10.4 Å². The number of rotatable bonds is 4. The van der Waals surface area contributed by atoms with E-state index in [4.69, 9.17) is 27.4 Å². The molecule has 2 rings (SSSR count). The van der Waals surface area contributed by atoms with Gasteiger partial charge in [0, 0.05) is 24.7 Å². The maximum Gasteiger partial charge on any atom is 0.121 e. The van der Waals surface area contributed by atoms with Crippen molar-refractivity contribution in [3.05, 3.63) is 23.8 Å². The highest BCUT2D eigenvalue weighted by atomic mass is 32.1. The van der Waals surface area contributed by atoms with Crippen LogP contribution in [0.15, 0.2) is 18.2 Å². The van der Waals surface area contributed by atoms with Crippen LogP contribution in [0.4, 0.5) is 5.69 Å². The Labute approximate surface area is 112 Å². The van der Waals surface area contributed by atoms with Gasteiger partial charge >= 0.3 is 0 Å². The van der Waals surface area contributed by atoms with Crippen LogP contribution in [0.5, 0.6) is 5.75 Å². The van der Waals surface area contributed by atoms with Crippen LogP contribution in [0.3, 0.4) is 0 Å². The zero-order valence-corrected chi connectivity index (χ0v) is 11.1. The number of methoxy groups -OCH3 is 1. The minimum atomic E-state index is 0.369. The standard InChI is InChI=1S/C12H17N3O2S/c1-16-9-2-3-10(12(13)18)11(8-9)14-15-4-6-17-7-5-15/h2-3,8,14H,4-7H2,1H3,(H2,13,18). The van der Waals surface area contributed by atoms with E-state index in [1.54, 1.807) is 7.11 Å². The summed E-state index contributed by atoms with van der Waals surface area (Å²) in [5.41, 5.74) is 10.7. The second kappa shape index (κ2) is 5.99. The normalized spacial score (nSPS) is 16.3. The highest BCUT2D eigenvalue weighted by Crippen LogP contribution is 2.23. The molecule has 0 radical (unpaired) electrons. The number of hydrogen-bond donors (Lipinski definition) is 2. The Morgan fingerprint density at radius 2 is 2.17 bits per heavy atom. The highest BCUT2D eigenvalue weighted by Gasteiger charge is 2.13. The number of morpholine rings is 1. The fourth-order valence-corrected chi connectivity index (χ4v) is 1.98. The lowest BCUT2D eigenvalue weighted by atomic mass is 10.1. The van der Waals surface area contributed by atoms with E-state index in [1.165, 1.54) is 0 Å². The third kappa shape index (κ3) is 3.10. The van der Waals surface area contributed by atoms with Gasteiger partial charge in [-0.25, -0.2) is 5.01 Å². The molecule has 3 N–H and O–H groups in total. The molecule has 1 saturated heterocycles. The van der Waals surface area contributed by atoms with E-state index in [1.807, 2.05) is 18.2 Å². The molecule has 0 spiro atoms. The second-order valence-electron chi connectivity index (χ2n) is 3.99. The summed E-state index contributed by atoms with van der Waals surface area (Å²) in [4.78, 5) is 0.369. The minimum absolute atomic E-state index is 0.369.